The van der Waals surface area contributed by atoms with Crippen molar-refractivity contribution < 1.29 is 38.0 Å². The van der Waals surface area contributed by atoms with Gasteiger partial charge in [-0.25, -0.2) is 4.79 Å². The number of rotatable bonds is 5. The van der Waals surface area contributed by atoms with E-state index in [0.29, 0.717) is 51.0 Å². The molecule has 0 fully saturated rings. The Balaban J connectivity index is 1.41. The van der Waals surface area contributed by atoms with Crippen molar-refractivity contribution in [2.75, 3.05) is 21.0 Å². The minimum atomic E-state index is -0.571. The van der Waals surface area contributed by atoms with Crippen LogP contribution in [0.4, 0.5) is 0 Å². The highest BCUT2D eigenvalue weighted by atomic mass is 16.7. The van der Waals surface area contributed by atoms with Crippen molar-refractivity contribution in [3.8, 4) is 34.5 Å². The van der Waals surface area contributed by atoms with Gasteiger partial charge < -0.3 is 28.4 Å². The molecule has 2 aliphatic rings. The van der Waals surface area contributed by atoms with E-state index >= 15 is 0 Å². The number of esters is 1. The lowest BCUT2D eigenvalue weighted by Crippen LogP contribution is -2.08. The summed E-state index contributed by atoms with van der Waals surface area (Å²) in [7, 11) is 3.10. The van der Waals surface area contributed by atoms with Crippen LogP contribution in [0.2, 0.25) is 0 Å². The van der Waals surface area contributed by atoms with Crippen LogP contribution in [-0.4, -0.2) is 32.8 Å². The SMILES string of the molecule is COc1ccc(OC)c(/C=C2\Oc3cc(OC(=O)c4ccc5c(c4)OCO5)cc(C)c3C2=O)c1. The van der Waals surface area contributed by atoms with Crippen LogP contribution < -0.4 is 28.4 Å². The number of ketones is 1. The number of ether oxygens (including phenoxy) is 6. The van der Waals surface area contributed by atoms with Crippen molar-refractivity contribution in [3.63, 3.8) is 0 Å². The van der Waals surface area contributed by atoms with E-state index in [1.54, 1.807) is 69.7 Å². The summed E-state index contributed by atoms with van der Waals surface area (Å²) in [4.78, 5) is 25.7. The molecule has 2 aliphatic heterocycles. The lowest BCUT2D eigenvalue weighted by atomic mass is 10.0. The number of aryl methyl sites for hydroxylation is 1. The monoisotopic (exact) mass is 460 g/mol. The first-order chi connectivity index (χ1) is 16.5. The normalized spacial score (nSPS) is 14.6. The second-order valence-corrected chi connectivity index (χ2v) is 7.62. The third-order valence-corrected chi connectivity index (χ3v) is 5.49. The fraction of sp³-hybridized carbons (Fsp3) is 0.154. The Labute approximate surface area is 195 Å². The zero-order chi connectivity index (χ0) is 23.8. The number of fused-ring (bicyclic) bond motifs is 2. The van der Waals surface area contributed by atoms with E-state index in [1.165, 1.54) is 6.07 Å². The second-order valence-electron chi connectivity index (χ2n) is 7.62. The van der Waals surface area contributed by atoms with E-state index in [-0.39, 0.29) is 24.1 Å². The van der Waals surface area contributed by atoms with Gasteiger partial charge in [-0.2, -0.15) is 0 Å². The Morgan fingerprint density at radius 2 is 1.74 bits per heavy atom. The maximum absolute atomic E-state index is 13.0. The molecule has 0 bridgehead atoms. The van der Waals surface area contributed by atoms with Crippen molar-refractivity contribution in [1.82, 2.24) is 0 Å². The summed E-state index contributed by atoms with van der Waals surface area (Å²) >= 11 is 0. The number of hydrogen-bond acceptors (Lipinski definition) is 8. The highest BCUT2D eigenvalue weighted by molar-refractivity contribution is 6.15. The van der Waals surface area contributed by atoms with E-state index in [9.17, 15) is 9.59 Å². The van der Waals surface area contributed by atoms with Crippen LogP contribution in [0.5, 0.6) is 34.5 Å². The molecule has 8 nitrogen and oxygen atoms in total. The number of methoxy groups -OCH3 is 2. The predicted molar refractivity (Wildman–Crippen MR) is 121 cm³/mol. The van der Waals surface area contributed by atoms with E-state index in [2.05, 4.69) is 0 Å². The molecule has 0 unspecified atom stereocenters. The Bertz CT molecular complexity index is 1360. The maximum Gasteiger partial charge on any atom is 0.343 e. The molecule has 0 saturated heterocycles. The highest BCUT2D eigenvalue weighted by Crippen LogP contribution is 2.39. The molecular formula is C26H20O8. The summed E-state index contributed by atoms with van der Waals surface area (Å²) in [5, 5.41) is 0. The van der Waals surface area contributed by atoms with E-state index in [4.69, 9.17) is 28.4 Å². The van der Waals surface area contributed by atoms with Gasteiger partial charge in [0, 0.05) is 11.6 Å². The van der Waals surface area contributed by atoms with Gasteiger partial charge in [0.15, 0.2) is 17.3 Å². The van der Waals surface area contributed by atoms with Gasteiger partial charge in [-0.05, 0) is 61.0 Å². The van der Waals surface area contributed by atoms with Gasteiger partial charge in [0.05, 0.1) is 25.3 Å². The quantitative estimate of drug-likeness (QED) is 0.311. The van der Waals surface area contributed by atoms with Crippen LogP contribution in [-0.2, 0) is 0 Å². The van der Waals surface area contributed by atoms with E-state index in [1.807, 2.05) is 0 Å². The zero-order valence-electron chi connectivity index (χ0n) is 18.7. The maximum atomic E-state index is 13.0. The van der Waals surface area contributed by atoms with Crippen LogP contribution >= 0.6 is 0 Å². The third-order valence-electron chi connectivity index (χ3n) is 5.49. The van der Waals surface area contributed by atoms with E-state index in [0.717, 1.165) is 0 Å². The number of Topliss-reactive ketones (excluding diaryl/α,β-unsaturated/α-hetero) is 1. The fourth-order valence-electron chi connectivity index (χ4n) is 3.82. The van der Waals surface area contributed by atoms with E-state index < -0.39 is 5.97 Å². The van der Waals surface area contributed by atoms with Crippen LogP contribution in [0, 0.1) is 6.92 Å². The van der Waals surface area contributed by atoms with Gasteiger partial charge in [0.2, 0.25) is 12.6 Å². The summed E-state index contributed by atoms with van der Waals surface area (Å²) in [6.07, 6.45) is 1.60. The van der Waals surface area contributed by atoms with Crippen molar-refractivity contribution >= 4 is 17.8 Å². The molecule has 5 rings (SSSR count). The van der Waals surface area contributed by atoms with Gasteiger partial charge in [0.1, 0.15) is 23.0 Å². The fourth-order valence-corrected chi connectivity index (χ4v) is 3.82. The number of hydrogen-bond donors (Lipinski definition) is 0. The highest BCUT2D eigenvalue weighted by Gasteiger charge is 2.31. The molecule has 0 aliphatic carbocycles. The minimum Gasteiger partial charge on any atom is -0.497 e. The molecule has 0 spiro atoms. The molecule has 172 valence electrons. The summed E-state index contributed by atoms with van der Waals surface area (Å²) in [6, 6.07) is 13.2. The van der Waals surface area contributed by atoms with Crippen LogP contribution in [0.15, 0.2) is 54.3 Å². The predicted octanol–water partition coefficient (Wildman–Crippen LogP) is 4.58. The topological polar surface area (TPSA) is 89.5 Å². The molecular weight excluding hydrogens is 440 g/mol. The standard InChI is InChI=1S/C26H20O8/c1-14-8-18(33-26(28)15-4-6-20-21(10-15)32-13-31-20)12-22-24(14)25(27)23(34-22)11-16-9-17(29-2)5-7-19(16)30-3/h4-12H,13H2,1-3H3/b23-11-. The molecule has 3 aromatic carbocycles. The van der Waals surface area contributed by atoms with Crippen molar-refractivity contribution in [2.24, 2.45) is 0 Å². The summed E-state index contributed by atoms with van der Waals surface area (Å²) in [5.41, 5.74) is 1.98. The molecule has 0 radical (unpaired) electrons. The van der Waals surface area contributed by atoms with Crippen LogP contribution in [0.25, 0.3) is 6.08 Å². The average Bonchev–Trinajstić information content (AvgIpc) is 3.42. The van der Waals surface area contributed by atoms with Gasteiger partial charge in [-0.1, -0.05) is 0 Å². The molecule has 34 heavy (non-hydrogen) atoms. The number of carbonyl (C=O) groups excluding carboxylic acids is 2. The number of carbonyl (C=O) groups is 2. The molecule has 0 N–H and O–H groups in total. The molecule has 2 heterocycles. The molecule has 3 aromatic rings. The van der Waals surface area contributed by atoms with Crippen LogP contribution in [0.3, 0.4) is 0 Å². The number of benzene rings is 3. The van der Waals surface area contributed by atoms with Crippen molar-refractivity contribution in [1.29, 1.82) is 0 Å². The van der Waals surface area contributed by atoms with Crippen molar-refractivity contribution in [2.45, 2.75) is 6.92 Å². The number of allylic oxidation sites excluding steroid dienone is 1. The average molecular weight is 460 g/mol. The molecule has 0 atom stereocenters. The van der Waals surface area contributed by atoms with Gasteiger partial charge in [0.25, 0.3) is 0 Å². The van der Waals surface area contributed by atoms with Crippen LogP contribution in [0.1, 0.15) is 31.8 Å². The largest absolute Gasteiger partial charge is 0.497 e. The Morgan fingerprint density at radius 1 is 0.912 bits per heavy atom. The third kappa shape index (κ3) is 3.79. The molecule has 0 amide bonds. The Morgan fingerprint density at radius 3 is 2.53 bits per heavy atom. The summed E-state index contributed by atoms with van der Waals surface area (Å²) < 4.78 is 32.6. The molecule has 0 aromatic heterocycles. The lowest BCUT2D eigenvalue weighted by Gasteiger charge is -2.08. The second kappa shape index (κ2) is 8.47. The molecule has 8 heteroatoms. The molecule has 0 saturated carbocycles. The first-order valence-corrected chi connectivity index (χ1v) is 10.4. The smallest absolute Gasteiger partial charge is 0.343 e. The van der Waals surface area contributed by atoms with Gasteiger partial charge >= 0.3 is 5.97 Å². The Hall–Kier alpha value is -4.46. The zero-order valence-corrected chi connectivity index (χ0v) is 18.7. The van der Waals surface area contributed by atoms with Gasteiger partial charge in [-0.15, -0.1) is 0 Å². The first-order valence-electron chi connectivity index (χ1n) is 10.4. The van der Waals surface area contributed by atoms with Gasteiger partial charge in [-0.3, -0.25) is 4.79 Å². The summed E-state index contributed by atoms with van der Waals surface area (Å²) in [5.74, 6) is 2.09. The first kappa shape index (κ1) is 21.4. The van der Waals surface area contributed by atoms with Crippen molar-refractivity contribution in [3.05, 3.63) is 76.5 Å². The summed E-state index contributed by atoms with van der Waals surface area (Å²) in [6.45, 7) is 1.87. The lowest BCUT2D eigenvalue weighted by molar-refractivity contribution is 0.0734. The Kier molecular flexibility index (Phi) is 5.33. The minimum absolute atomic E-state index is 0.112.